The van der Waals surface area contributed by atoms with Crippen LogP contribution in [0.1, 0.15) is 45.4 Å². The van der Waals surface area contributed by atoms with E-state index in [4.69, 9.17) is 5.73 Å². The summed E-state index contributed by atoms with van der Waals surface area (Å²) in [7, 11) is 0. The number of carbonyl (C=O) groups is 1. The first-order chi connectivity index (χ1) is 7.20. The third-order valence-corrected chi connectivity index (χ3v) is 3.92. The monoisotopic (exact) mass is 246 g/mol. The number of nitrogens with two attached hydrogens (primary N) is 1. The van der Waals surface area contributed by atoms with E-state index < -0.39 is 0 Å². The average molecular weight is 247 g/mol. The van der Waals surface area contributed by atoms with Crippen LogP contribution in [-0.4, -0.2) is 29.4 Å². The van der Waals surface area contributed by atoms with Gasteiger partial charge < -0.3 is 10.6 Å². The third-order valence-electron chi connectivity index (χ3n) is 3.92. The second-order valence-corrected chi connectivity index (χ2v) is 5.07. The Morgan fingerprint density at radius 1 is 1.25 bits per heavy atom. The Hall–Kier alpha value is -0.280. The number of hydrogen-bond donors (Lipinski definition) is 1. The molecule has 0 bridgehead atoms. The van der Waals surface area contributed by atoms with E-state index in [-0.39, 0.29) is 24.4 Å². The number of nitrogens with zero attached hydrogens (tertiary/aromatic N) is 1. The zero-order chi connectivity index (χ0) is 10.8. The van der Waals surface area contributed by atoms with Gasteiger partial charge in [0.1, 0.15) is 0 Å². The van der Waals surface area contributed by atoms with Crippen LogP contribution >= 0.6 is 12.4 Å². The summed E-state index contributed by atoms with van der Waals surface area (Å²) >= 11 is 0. The fraction of sp³-hybridized carbons (Fsp3) is 0.917. The topological polar surface area (TPSA) is 46.3 Å². The minimum absolute atomic E-state index is 0. The summed E-state index contributed by atoms with van der Waals surface area (Å²) in [6.07, 6.45) is 7.62. The number of rotatable bonds is 1. The lowest BCUT2D eigenvalue weighted by Gasteiger charge is -2.44. The van der Waals surface area contributed by atoms with Gasteiger partial charge in [-0.05, 0) is 38.5 Å². The maximum atomic E-state index is 12.0. The molecule has 1 amide bonds. The van der Waals surface area contributed by atoms with Gasteiger partial charge in [0.2, 0.25) is 5.91 Å². The van der Waals surface area contributed by atoms with E-state index >= 15 is 0 Å². The van der Waals surface area contributed by atoms with Crippen molar-refractivity contribution < 1.29 is 4.79 Å². The van der Waals surface area contributed by atoms with Gasteiger partial charge in [0.05, 0.1) is 6.04 Å². The van der Waals surface area contributed by atoms with E-state index in [9.17, 15) is 4.79 Å². The molecule has 94 valence electrons. The molecule has 2 fully saturated rings. The molecule has 4 heteroatoms. The molecule has 1 saturated carbocycles. The summed E-state index contributed by atoms with van der Waals surface area (Å²) in [5, 5.41) is 0. The molecule has 2 unspecified atom stereocenters. The molecule has 0 spiro atoms. The van der Waals surface area contributed by atoms with Crippen molar-refractivity contribution >= 4 is 18.3 Å². The molecule has 0 radical (unpaired) electrons. The van der Waals surface area contributed by atoms with Crippen molar-refractivity contribution in [3.63, 3.8) is 0 Å². The molecule has 2 aliphatic rings. The first kappa shape index (κ1) is 13.8. The Morgan fingerprint density at radius 2 is 1.88 bits per heavy atom. The molecule has 3 nitrogen and oxygen atoms in total. The van der Waals surface area contributed by atoms with Crippen LogP contribution in [0.3, 0.4) is 0 Å². The van der Waals surface area contributed by atoms with Crippen LogP contribution in [0.15, 0.2) is 0 Å². The maximum absolute atomic E-state index is 12.0. The minimum Gasteiger partial charge on any atom is -0.338 e. The van der Waals surface area contributed by atoms with Gasteiger partial charge in [0, 0.05) is 12.6 Å². The second-order valence-electron chi connectivity index (χ2n) is 5.07. The fourth-order valence-electron chi connectivity index (χ4n) is 3.16. The lowest BCUT2D eigenvalue weighted by atomic mass is 9.78. The van der Waals surface area contributed by atoms with E-state index in [0.29, 0.717) is 6.04 Å². The number of halogens is 1. The predicted octanol–water partition coefficient (Wildman–Crippen LogP) is 1.94. The van der Waals surface area contributed by atoms with Gasteiger partial charge >= 0.3 is 0 Å². The second kappa shape index (κ2) is 5.87. The Kier molecular flexibility index (Phi) is 5.06. The summed E-state index contributed by atoms with van der Waals surface area (Å²) in [5.41, 5.74) is 5.70. The highest BCUT2D eigenvalue weighted by atomic mass is 35.5. The van der Waals surface area contributed by atoms with Gasteiger partial charge in [0.15, 0.2) is 0 Å². The van der Waals surface area contributed by atoms with Crippen molar-refractivity contribution in [3.8, 4) is 0 Å². The maximum Gasteiger partial charge on any atom is 0.239 e. The predicted molar refractivity (Wildman–Crippen MR) is 67.6 cm³/mol. The van der Waals surface area contributed by atoms with Crippen LogP contribution < -0.4 is 5.73 Å². The minimum atomic E-state index is -0.328. The molecule has 0 aromatic carbocycles. The average Bonchev–Trinajstić information content (AvgIpc) is 2.27. The van der Waals surface area contributed by atoms with Crippen molar-refractivity contribution in [3.05, 3.63) is 0 Å². The molecule has 1 heterocycles. The molecular weight excluding hydrogens is 224 g/mol. The largest absolute Gasteiger partial charge is 0.338 e. The molecule has 1 saturated heterocycles. The van der Waals surface area contributed by atoms with Crippen LogP contribution in [0.2, 0.25) is 0 Å². The van der Waals surface area contributed by atoms with Crippen LogP contribution in [0.4, 0.5) is 0 Å². The molecule has 2 rings (SSSR count). The first-order valence-electron chi connectivity index (χ1n) is 6.26. The van der Waals surface area contributed by atoms with Crippen LogP contribution in [-0.2, 0) is 4.79 Å². The summed E-state index contributed by atoms with van der Waals surface area (Å²) in [5.74, 6) is 0.918. The Balaban J connectivity index is 0.00000128. The van der Waals surface area contributed by atoms with Crippen LogP contribution in [0.25, 0.3) is 0 Å². The number of carbonyl (C=O) groups excluding carboxylic acids is 1. The zero-order valence-electron chi connectivity index (χ0n) is 10.0. The number of fused-ring (bicyclic) bond motifs is 1. The van der Waals surface area contributed by atoms with Gasteiger partial charge in [0.25, 0.3) is 0 Å². The normalized spacial score (nSPS) is 31.2. The zero-order valence-corrected chi connectivity index (χ0v) is 10.8. The van der Waals surface area contributed by atoms with E-state index in [1.54, 1.807) is 6.92 Å². The van der Waals surface area contributed by atoms with Gasteiger partial charge in [-0.1, -0.05) is 12.8 Å². The summed E-state index contributed by atoms with van der Waals surface area (Å²) < 4.78 is 0. The fourth-order valence-corrected chi connectivity index (χ4v) is 3.16. The summed E-state index contributed by atoms with van der Waals surface area (Å²) in [4.78, 5) is 14.0. The number of piperidine rings is 1. The summed E-state index contributed by atoms with van der Waals surface area (Å²) in [6, 6.07) is 0.177. The van der Waals surface area contributed by atoms with E-state index in [2.05, 4.69) is 4.90 Å². The van der Waals surface area contributed by atoms with Gasteiger partial charge in [-0.15, -0.1) is 12.4 Å². The Morgan fingerprint density at radius 3 is 2.56 bits per heavy atom. The van der Waals surface area contributed by atoms with Gasteiger partial charge in [-0.25, -0.2) is 0 Å². The SMILES string of the molecule is C[C@H](N)C(=O)N1CCCC2CCCCC21.Cl. The highest BCUT2D eigenvalue weighted by molar-refractivity contribution is 5.85. The molecule has 16 heavy (non-hydrogen) atoms. The molecule has 0 aromatic heterocycles. The smallest absolute Gasteiger partial charge is 0.239 e. The molecule has 0 aromatic rings. The van der Waals surface area contributed by atoms with Crippen LogP contribution in [0, 0.1) is 5.92 Å². The lowest BCUT2D eigenvalue weighted by molar-refractivity contribution is -0.138. The van der Waals surface area contributed by atoms with Crippen molar-refractivity contribution in [2.24, 2.45) is 11.7 Å². The lowest BCUT2D eigenvalue weighted by Crippen LogP contribution is -2.53. The first-order valence-corrected chi connectivity index (χ1v) is 6.26. The molecule has 1 aliphatic heterocycles. The van der Waals surface area contributed by atoms with E-state index in [0.717, 1.165) is 12.5 Å². The standard InChI is InChI=1S/C12H22N2O.ClH/c1-9(13)12(15)14-8-4-6-10-5-2-3-7-11(10)14;/h9-11H,2-8,13H2,1H3;1H/t9-,10?,11?;/m0./s1. The Labute approximate surface area is 104 Å². The number of hydrogen-bond acceptors (Lipinski definition) is 2. The molecular formula is C12H23ClN2O. The number of amides is 1. The van der Waals surface area contributed by atoms with Crippen molar-refractivity contribution in [1.29, 1.82) is 0 Å². The van der Waals surface area contributed by atoms with E-state index in [1.165, 1.54) is 38.5 Å². The summed E-state index contributed by atoms with van der Waals surface area (Å²) in [6.45, 7) is 2.73. The van der Waals surface area contributed by atoms with Crippen molar-refractivity contribution in [2.75, 3.05) is 6.54 Å². The van der Waals surface area contributed by atoms with E-state index in [1.807, 2.05) is 0 Å². The molecule has 2 N–H and O–H groups in total. The van der Waals surface area contributed by atoms with Gasteiger partial charge in [-0.3, -0.25) is 4.79 Å². The number of likely N-dealkylation sites (tertiary alicyclic amines) is 1. The quantitative estimate of drug-likeness (QED) is 0.769. The highest BCUT2D eigenvalue weighted by Gasteiger charge is 2.36. The molecule has 1 aliphatic carbocycles. The third kappa shape index (κ3) is 2.69. The highest BCUT2D eigenvalue weighted by Crippen LogP contribution is 2.35. The van der Waals surface area contributed by atoms with Gasteiger partial charge in [-0.2, -0.15) is 0 Å². The van der Waals surface area contributed by atoms with Crippen molar-refractivity contribution in [1.82, 2.24) is 4.90 Å². The van der Waals surface area contributed by atoms with Crippen molar-refractivity contribution in [2.45, 2.75) is 57.5 Å². The molecule has 3 atom stereocenters. The Bertz CT molecular complexity index is 243. The van der Waals surface area contributed by atoms with Crippen LogP contribution in [0.5, 0.6) is 0 Å².